The highest BCUT2D eigenvalue weighted by Gasteiger charge is 2.20. The molecule has 0 amide bonds. The van der Waals surface area contributed by atoms with Gasteiger partial charge in [0.2, 0.25) is 10.8 Å². The van der Waals surface area contributed by atoms with Gasteiger partial charge < -0.3 is 0 Å². The lowest BCUT2D eigenvalue weighted by Crippen LogP contribution is -1.93. The fourth-order valence-corrected chi connectivity index (χ4v) is 3.82. The van der Waals surface area contributed by atoms with Gasteiger partial charge >= 0.3 is 0 Å². The van der Waals surface area contributed by atoms with Crippen LogP contribution in [0, 0.1) is 0 Å². The number of halogens is 1. The third-order valence-corrected chi connectivity index (χ3v) is 5.56. The lowest BCUT2D eigenvalue weighted by molar-refractivity contribution is 0.731. The van der Waals surface area contributed by atoms with E-state index in [9.17, 15) is 0 Å². The maximum absolute atomic E-state index is 6.43. The standard InChI is InChI=1S/C21H17ClN8S/c1-12(2)18-23-20-17(16(27-30(20)28-18)14-10-6-7-11-15(14)22)25-26-21-24-19(29-31-21)13-8-4-3-5-9-13/h3-12,27H,1-2H3. The van der Waals surface area contributed by atoms with Crippen LogP contribution in [0.25, 0.3) is 28.3 Å². The van der Waals surface area contributed by atoms with Gasteiger partial charge in [0.25, 0.3) is 0 Å². The second-order valence-corrected chi connectivity index (χ2v) is 8.28. The Morgan fingerprint density at radius 2 is 1.77 bits per heavy atom. The molecule has 0 bridgehead atoms. The highest BCUT2D eigenvalue weighted by molar-refractivity contribution is 7.09. The topological polar surface area (TPSA) is 96.5 Å². The van der Waals surface area contributed by atoms with Crippen molar-refractivity contribution in [3.05, 3.63) is 65.4 Å². The van der Waals surface area contributed by atoms with Gasteiger partial charge in [0.15, 0.2) is 17.3 Å². The maximum Gasteiger partial charge on any atom is 0.249 e. The quantitative estimate of drug-likeness (QED) is 0.313. The molecule has 0 saturated carbocycles. The number of rotatable bonds is 5. The van der Waals surface area contributed by atoms with Gasteiger partial charge in [-0.25, -0.2) is 4.98 Å². The Kier molecular flexibility index (Phi) is 5.05. The average molecular weight is 449 g/mol. The van der Waals surface area contributed by atoms with E-state index in [1.807, 2.05) is 68.4 Å². The van der Waals surface area contributed by atoms with Crippen molar-refractivity contribution in [3.63, 3.8) is 0 Å². The molecule has 31 heavy (non-hydrogen) atoms. The summed E-state index contributed by atoms with van der Waals surface area (Å²) in [6.45, 7) is 4.08. The van der Waals surface area contributed by atoms with Crippen molar-refractivity contribution in [2.45, 2.75) is 19.8 Å². The monoisotopic (exact) mass is 448 g/mol. The third-order valence-electron chi connectivity index (χ3n) is 4.63. The van der Waals surface area contributed by atoms with E-state index in [4.69, 9.17) is 11.6 Å². The number of aromatic amines is 1. The Hall–Kier alpha value is -3.43. The van der Waals surface area contributed by atoms with Crippen LogP contribution in [0.2, 0.25) is 5.02 Å². The smallest absolute Gasteiger partial charge is 0.249 e. The van der Waals surface area contributed by atoms with Crippen molar-refractivity contribution in [2.75, 3.05) is 0 Å². The molecule has 0 radical (unpaired) electrons. The van der Waals surface area contributed by atoms with E-state index in [0.717, 1.165) is 17.0 Å². The van der Waals surface area contributed by atoms with Crippen LogP contribution < -0.4 is 0 Å². The van der Waals surface area contributed by atoms with Crippen LogP contribution >= 0.6 is 23.1 Å². The minimum atomic E-state index is 0.179. The SMILES string of the molecule is CC(C)c1nc2c(N=Nc3nc(-c4ccccc4)ns3)c(-c3ccccc3Cl)[nH]n2n1. The lowest BCUT2D eigenvalue weighted by atomic mass is 10.1. The predicted molar refractivity (Wildman–Crippen MR) is 121 cm³/mol. The number of H-pyrrole nitrogens is 1. The summed E-state index contributed by atoms with van der Waals surface area (Å²) in [5.41, 5.74) is 3.53. The van der Waals surface area contributed by atoms with Gasteiger partial charge in [-0.2, -0.15) is 14.0 Å². The second-order valence-electron chi connectivity index (χ2n) is 7.14. The maximum atomic E-state index is 6.43. The molecule has 3 aromatic heterocycles. The summed E-state index contributed by atoms with van der Waals surface area (Å²) in [4.78, 5) is 9.13. The van der Waals surface area contributed by atoms with E-state index >= 15 is 0 Å². The van der Waals surface area contributed by atoms with Gasteiger partial charge in [-0.05, 0) is 6.07 Å². The van der Waals surface area contributed by atoms with Crippen molar-refractivity contribution in [3.8, 4) is 22.6 Å². The summed E-state index contributed by atoms with van der Waals surface area (Å²) in [6, 6.07) is 17.3. The molecule has 1 N–H and O–H groups in total. The van der Waals surface area contributed by atoms with E-state index in [0.29, 0.717) is 33.0 Å². The molecule has 5 rings (SSSR count). The number of nitrogens with zero attached hydrogens (tertiary/aromatic N) is 7. The molecule has 0 fully saturated rings. The van der Waals surface area contributed by atoms with Gasteiger partial charge in [-0.3, -0.25) is 5.10 Å². The van der Waals surface area contributed by atoms with Gasteiger partial charge in [0.1, 0.15) is 0 Å². The van der Waals surface area contributed by atoms with Gasteiger partial charge in [-0.15, -0.1) is 15.3 Å². The fourth-order valence-electron chi connectivity index (χ4n) is 3.07. The molecule has 3 heterocycles. The minimum Gasteiger partial charge on any atom is -0.273 e. The van der Waals surface area contributed by atoms with E-state index < -0.39 is 0 Å². The number of benzene rings is 2. The van der Waals surface area contributed by atoms with Crippen molar-refractivity contribution in [2.24, 2.45) is 10.2 Å². The van der Waals surface area contributed by atoms with Crippen LogP contribution in [0.4, 0.5) is 10.8 Å². The normalized spacial score (nSPS) is 11.9. The summed E-state index contributed by atoms with van der Waals surface area (Å²) in [5.74, 6) is 1.52. The van der Waals surface area contributed by atoms with Gasteiger partial charge in [-0.1, -0.05) is 74.0 Å². The van der Waals surface area contributed by atoms with E-state index in [-0.39, 0.29) is 5.92 Å². The second kappa shape index (κ2) is 8.01. The fraction of sp³-hybridized carbons (Fsp3) is 0.143. The highest BCUT2D eigenvalue weighted by Crippen LogP contribution is 2.38. The molecule has 0 aliphatic carbocycles. The van der Waals surface area contributed by atoms with Crippen LogP contribution in [0.5, 0.6) is 0 Å². The first kappa shape index (κ1) is 19.5. The summed E-state index contributed by atoms with van der Waals surface area (Å²) in [5, 5.41) is 17.6. The Bertz CT molecular complexity index is 1380. The molecule has 10 heteroatoms. The molecule has 5 aromatic rings. The van der Waals surface area contributed by atoms with E-state index in [1.165, 1.54) is 11.5 Å². The van der Waals surface area contributed by atoms with Crippen molar-refractivity contribution >= 4 is 39.6 Å². The summed E-state index contributed by atoms with van der Waals surface area (Å²) < 4.78 is 5.99. The van der Waals surface area contributed by atoms with Crippen LogP contribution in [0.15, 0.2) is 64.8 Å². The lowest BCUT2D eigenvalue weighted by Gasteiger charge is -2.02. The van der Waals surface area contributed by atoms with E-state index in [2.05, 4.69) is 34.8 Å². The number of hydrogen-bond donors (Lipinski definition) is 1. The Morgan fingerprint density at radius 3 is 2.55 bits per heavy atom. The van der Waals surface area contributed by atoms with Gasteiger partial charge in [0, 0.05) is 28.6 Å². The Balaban J connectivity index is 1.58. The molecule has 0 aliphatic heterocycles. The first-order chi connectivity index (χ1) is 15.1. The largest absolute Gasteiger partial charge is 0.273 e. The van der Waals surface area contributed by atoms with Crippen LogP contribution in [0.1, 0.15) is 25.6 Å². The molecule has 0 spiro atoms. The molecule has 0 saturated heterocycles. The van der Waals surface area contributed by atoms with Gasteiger partial charge in [0.05, 0.1) is 10.7 Å². The number of fused-ring (bicyclic) bond motifs is 1. The first-order valence-corrected chi connectivity index (χ1v) is 10.8. The number of aromatic nitrogens is 6. The Morgan fingerprint density at radius 1 is 1.00 bits per heavy atom. The summed E-state index contributed by atoms with van der Waals surface area (Å²) in [7, 11) is 0. The zero-order valence-electron chi connectivity index (χ0n) is 16.7. The molecular formula is C21H17ClN8S. The van der Waals surface area contributed by atoms with Crippen molar-refractivity contribution < 1.29 is 0 Å². The number of hydrogen-bond acceptors (Lipinski definition) is 7. The molecule has 0 aliphatic rings. The molecule has 154 valence electrons. The molecular weight excluding hydrogens is 432 g/mol. The zero-order valence-corrected chi connectivity index (χ0v) is 18.3. The molecule has 0 unspecified atom stereocenters. The first-order valence-electron chi connectivity index (χ1n) is 9.64. The number of nitrogens with one attached hydrogen (secondary N) is 1. The van der Waals surface area contributed by atoms with Crippen LogP contribution in [0.3, 0.4) is 0 Å². The summed E-state index contributed by atoms with van der Waals surface area (Å²) in [6.07, 6.45) is 0. The van der Waals surface area contributed by atoms with Crippen molar-refractivity contribution in [1.82, 2.24) is 29.2 Å². The number of azo groups is 1. The Labute approximate surface area is 186 Å². The highest BCUT2D eigenvalue weighted by atomic mass is 35.5. The third kappa shape index (κ3) is 3.73. The van der Waals surface area contributed by atoms with Crippen LogP contribution in [-0.2, 0) is 0 Å². The summed E-state index contributed by atoms with van der Waals surface area (Å²) >= 11 is 7.62. The minimum absolute atomic E-state index is 0.179. The molecule has 8 nitrogen and oxygen atoms in total. The van der Waals surface area contributed by atoms with Crippen LogP contribution in [-0.4, -0.2) is 29.2 Å². The van der Waals surface area contributed by atoms with E-state index in [1.54, 1.807) is 4.63 Å². The molecule has 2 aromatic carbocycles. The molecule has 0 atom stereocenters. The van der Waals surface area contributed by atoms with Crippen molar-refractivity contribution in [1.29, 1.82) is 0 Å². The predicted octanol–water partition coefficient (Wildman–Crippen LogP) is 6.44. The average Bonchev–Trinajstić information content (AvgIpc) is 3.48. The zero-order chi connectivity index (χ0) is 21.4.